The summed E-state index contributed by atoms with van der Waals surface area (Å²) >= 11 is 6.33. The minimum Gasteiger partial charge on any atom is -0.481 e. The maximum absolute atomic E-state index is 12.3. The van der Waals surface area contributed by atoms with Crippen LogP contribution in [-0.2, 0) is 9.59 Å². The van der Waals surface area contributed by atoms with Crippen LogP contribution in [0.25, 0.3) is 6.08 Å². The van der Waals surface area contributed by atoms with E-state index in [2.05, 4.69) is 6.07 Å². The van der Waals surface area contributed by atoms with Gasteiger partial charge in [0.2, 0.25) is 0 Å². The summed E-state index contributed by atoms with van der Waals surface area (Å²) in [6.45, 7) is 0.286. The van der Waals surface area contributed by atoms with Crippen molar-refractivity contribution < 1.29 is 14.7 Å². The fourth-order valence-corrected chi connectivity index (χ4v) is 3.25. The van der Waals surface area contributed by atoms with E-state index in [1.165, 1.54) is 16.7 Å². The van der Waals surface area contributed by atoms with Crippen LogP contribution in [0.2, 0.25) is 0 Å². The average molecular weight is 332 g/mol. The molecule has 112 valence electrons. The summed E-state index contributed by atoms with van der Waals surface area (Å²) in [6, 6.07) is 9.07. The Morgan fingerprint density at radius 3 is 2.86 bits per heavy atom. The average Bonchev–Trinajstić information content (AvgIpc) is 2.75. The van der Waals surface area contributed by atoms with Gasteiger partial charge in [-0.2, -0.15) is 5.26 Å². The summed E-state index contributed by atoms with van der Waals surface area (Å²) < 4.78 is 0.413. The minimum absolute atomic E-state index is 0.00657. The highest BCUT2D eigenvalue weighted by molar-refractivity contribution is 8.26. The molecule has 0 spiro atoms. The molecule has 1 fully saturated rings. The molecule has 5 nitrogen and oxygen atoms in total. The maximum Gasteiger partial charge on any atom is 0.303 e. The molecule has 1 aliphatic rings. The van der Waals surface area contributed by atoms with Crippen molar-refractivity contribution in [3.8, 4) is 6.07 Å². The van der Waals surface area contributed by atoms with Crippen LogP contribution in [0.1, 0.15) is 24.0 Å². The molecule has 1 aromatic carbocycles. The van der Waals surface area contributed by atoms with Crippen molar-refractivity contribution in [3.63, 3.8) is 0 Å². The molecule has 0 atom stereocenters. The van der Waals surface area contributed by atoms with Crippen molar-refractivity contribution in [2.75, 3.05) is 6.54 Å². The van der Waals surface area contributed by atoms with E-state index in [4.69, 9.17) is 22.6 Å². The smallest absolute Gasteiger partial charge is 0.303 e. The van der Waals surface area contributed by atoms with E-state index >= 15 is 0 Å². The lowest BCUT2D eigenvalue weighted by Crippen LogP contribution is -2.29. The molecule has 0 aromatic heterocycles. The van der Waals surface area contributed by atoms with Crippen molar-refractivity contribution in [1.82, 2.24) is 4.90 Å². The first kappa shape index (κ1) is 16.2. The predicted molar refractivity (Wildman–Crippen MR) is 87.9 cm³/mol. The Balaban J connectivity index is 2.16. The lowest BCUT2D eigenvalue weighted by molar-refractivity contribution is -0.137. The molecule has 22 heavy (non-hydrogen) atoms. The molecular weight excluding hydrogens is 320 g/mol. The van der Waals surface area contributed by atoms with E-state index in [9.17, 15) is 9.59 Å². The number of nitrogens with zero attached hydrogens (tertiary/aromatic N) is 2. The van der Waals surface area contributed by atoms with Gasteiger partial charge in [0, 0.05) is 13.0 Å². The van der Waals surface area contributed by atoms with Crippen molar-refractivity contribution in [1.29, 1.82) is 5.26 Å². The second kappa shape index (κ2) is 7.20. The van der Waals surface area contributed by atoms with Crippen molar-refractivity contribution >= 4 is 46.3 Å². The van der Waals surface area contributed by atoms with Crippen LogP contribution in [0.5, 0.6) is 0 Å². The molecule has 1 aromatic rings. The summed E-state index contributed by atoms with van der Waals surface area (Å²) in [4.78, 5) is 24.7. The van der Waals surface area contributed by atoms with E-state index < -0.39 is 5.97 Å². The lowest BCUT2D eigenvalue weighted by atomic mass is 10.1. The molecule has 1 aliphatic heterocycles. The fourth-order valence-electron chi connectivity index (χ4n) is 1.95. The Bertz CT molecular complexity index is 707. The number of carbonyl (C=O) groups excluding carboxylic acids is 1. The van der Waals surface area contributed by atoms with Crippen molar-refractivity contribution in [3.05, 3.63) is 40.3 Å². The number of carboxylic acid groups (broad SMARTS) is 1. The van der Waals surface area contributed by atoms with Gasteiger partial charge in [-0.15, -0.1) is 0 Å². The third-order valence-electron chi connectivity index (χ3n) is 3.01. The SMILES string of the molecule is N#Cc1ccccc1C=C1SC(=S)N(CCCC(=O)O)C1=O. The normalized spacial score (nSPS) is 16.1. The summed E-state index contributed by atoms with van der Waals surface area (Å²) in [7, 11) is 0. The predicted octanol–water partition coefficient (Wildman–Crippen LogP) is 2.62. The fraction of sp³-hybridized carbons (Fsp3) is 0.200. The first-order chi connectivity index (χ1) is 10.5. The van der Waals surface area contributed by atoms with E-state index in [1.54, 1.807) is 30.3 Å². The van der Waals surface area contributed by atoms with Crippen LogP contribution >= 0.6 is 24.0 Å². The Kier molecular flexibility index (Phi) is 5.31. The molecule has 1 amide bonds. The van der Waals surface area contributed by atoms with Gasteiger partial charge in [0.25, 0.3) is 5.91 Å². The zero-order chi connectivity index (χ0) is 16.1. The number of carboxylic acids is 1. The van der Waals surface area contributed by atoms with E-state index in [-0.39, 0.29) is 18.9 Å². The summed E-state index contributed by atoms with van der Waals surface area (Å²) in [5, 5.41) is 17.7. The zero-order valence-corrected chi connectivity index (χ0v) is 13.1. The number of benzene rings is 1. The molecule has 7 heteroatoms. The van der Waals surface area contributed by atoms with Crippen LogP contribution in [-0.4, -0.2) is 32.7 Å². The number of thiocarbonyl (C=S) groups is 1. The first-order valence-electron chi connectivity index (χ1n) is 6.49. The van der Waals surface area contributed by atoms with E-state index in [0.717, 1.165) is 0 Å². The highest BCUT2D eigenvalue weighted by atomic mass is 32.2. The van der Waals surface area contributed by atoms with Gasteiger partial charge in [-0.25, -0.2) is 0 Å². The molecule has 0 aliphatic carbocycles. The number of amides is 1. The van der Waals surface area contributed by atoms with Crippen LogP contribution in [0.15, 0.2) is 29.2 Å². The van der Waals surface area contributed by atoms with Crippen molar-refractivity contribution in [2.24, 2.45) is 0 Å². The summed E-state index contributed by atoms with van der Waals surface area (Å²) in [6.07, 6.45) is 1.99. The van der Waals surface area contributed by atoms with Gasteiger partial charge in [0.15, 0.2) is 0 Å². The third-order valence-corrected chi connectivity index (χ3v) is 4.39. The largest absolute Gasteiger partial charge is 0.481 e. The highest BCUT2D eigenvalue weighted by Gasteiger charge is 2.31. The molecule has 0 bridgehead atoms. The zero-order valence-electron chi connectivity index (χ0n) is 11.5. The summed E-state index contributed by atoms with van der Waals surface area (Å²) in [5.41, 5.74) is 1.15. The Labute approximate surface area is 137 Å². The van der Waals surface area contributed by atoms with Crippen molar-refractivity contribution in [2.45, 2.75) is 12.8 Å². The van der Waals surface area contributed by atoms with Crippen LogP contribution < -0.4 is 0 Å². The Morgan fingerprint density at radius 1 is 1.45 bits per heavy atom. The molecule has 0 radical (unpaired) electrons. The number of carbonyl (C=O) groups is 2. The summed E-state index contributed by atoms with van der Waals surface area (Å²) in [5.74, 6) is -1.14. The molecule has 0 unspecified atom stereocenters. The molecule has 1 N–H and O–H groups in total. The van der Waals surface area contributed by atoms with E-state index in [0.29, 0.717) is 26.8 Å². The maximum atomic E-state index is 12.3. The second-order valence-electron chi connectivity index (χ2n) is 4.53. The molecular formula is C15H12N2O3S2. The molecule has 1 heterocycles. The number of thioether (sulfide) groups is 1. The van der Waals surface area contributed by atoms with Crippen LogP contribution in [0, 0.1) is 11.3 Å². The second-order valence-corrected chi connectivity index (χ2v) is 6.21. The molecule has 0 saturated carbocycles. The highest BCUT2D eigenvalue weighted by Crippen LogP contribution is 2.33. The first-order valence-corrected chi connectivity index (χ1v) is 7.71. The van der Waals surface area contributed by atoms with Crippen LogP contribution in [0.4, 0.5) is 0 Å². The van der Waals surface area contributed by atoms with Gasteiger partial charge >= 0.3 is 5.97 Å². The number of nitriles is 1. The van der Waals surface area contributed by atoms with E-state index in [1.807, 2.05) is 0 Å². The number of aliphatic carboxylic acids is 1. The van der Waals surface area contributed by atoms with Gasteiger partial charge in [0.1, 0.15) is 4.32 Å². The van der Waals surface area contributed by atoms with Gasteiger partial charge in [-0.05, 0) is 24.1 Å². The molecule has 1 saturated heterocycles. The number of rotatable bonds is 5. The van der Waals surface area contributed by atoms with Gasteiger partial charge in [-0.1, -0.05) is 42.2 Å². The monoisotopic (exact) mass is 332 g/mol. The molecule has 2 rings (SSSR count). The Hall–Kier alpha value is -2.17. The topological polar surface area (TPSA) is 81.4 Å². The quantitative estimate of drug-likeness (QED) is 0.659. The van der Waals surface area contributed by atoms with Gasteiger partial charge < -0.3 is 5.11 Å². The third kappa shape index (κ3) is 3.72. The number of hydrogen-bond acceptors (Lipinski definition) is 5. The minimum atomic E-state index is -0.899. The standard InChI is InChI=1S/C15H12N2O3S2/c16-9-11-5-2-1-4-10(11)8-12-14(20)17(15(21)22-12)7-3-6-13(18)19/h1-2,4-5,8H,3,6-7H2,(H,18,19). The van der Waals surface area contributed by atoms with Crippen LogP contribution in [0.3, 0.4) is 0 Å². The van der Waals surface area contributed by atoms with Gasteiger partial charge in [-0.3, -0.25) is 14.5 Å². The Morgan fingerprint density at radius 2 is 2.18 bits per heavy atom. The number of hydrogen-bond donors (Lipinski definition) is 1. The lowest BCUT2D eigenvalue weighted by Gasteiger charge is -2.13. The van der Waals surface area contributed by atoms with Gasteiger partial charge in [0.05, 0.1) is 16.5 Å².